The van der Waals surface area contributed by atoms with E-state index in [4.69, 9.17) is 4.74 Å². The van der Waals surface area contributed by atoms with E-state index in [0.29, 0.717) is 11.3 Å². The molecule has 1 atom stereocenters. The first kappa shape index (κ1) is 20.7. The van der Waals surface area contributed by atoms with Gasteiger partial charge in [0.1, 0.15) is 11.5 Å². The highest BCUT2D eigenvalue weighted by Gasteiger charge is 2.49. The summed E-state index contributed by atoms with van der Waals surface area (Å²) in [5, 5.41) is 13.0. The quantitative estimate of drug-likeness (QED) is 0.402. The number of aliphatic hydroxyl groups is 1. The van der Waals surface area contributed by atoms with Crippen molar-refractivity contribution in [3.8, 4) is 5.75 Å². The molecule has 1 aliphatic carbocycles. The first-order valence-electron chi connectivity index (χ1n) is 10.6. The molecular formula is C24H27NO4S. The van der Waals surface area contributed by atoms with Gasteiger partial charge in [0.25, 0.3) is 11.7 Å². The molecule has 1 aromatic heterocycles. The number of carbonyl (C=O) groups excluding carboxylic acids is 2. The van der Waals surface area contributed by atoms with Crippen LogP contribution in [0.4, 0.5) is 0 Å². The van der Waals surface area contributed by atoms with E-state index in [9.17, 15) is 14.7 Å². The predicted octanol–water partition coefficient (Wildman–Crippen LogP) is 5.29. The molecule has 1 saturated carbocycles. The molecule has 30 heavy (non-hydrogen) atoms. The molecule has 6 heteroatoms. The average molecular weight is 426 g/mol. The molecule has 1 saturated heterocycles. The normalized spacial score (nSPS) is 22.1. The number of benzene rings is 1. The standard InChI is InChI=1S/C24H27NO4S/c1-15(2)29-18-12-10-16(11-13-18)22(26)20-21(19-9-6-14-30-19)25(24(28)23(20)27)17-7-4-3-5-8-17/h6,9-15,17,21,26H,3-5,7-8H2,1-2H3/b22-20-. The number of amides is 1. The summed E-state index contributed by atoms with van der Waals surface area (Å²) in [4.78, 5) is 28.7. The van der Waals surface area contributed by atoms with Crippen LogP contribution in [0.5, 0.6) is 5.75 Å². The van der Waals surface area contributed by atoms with Gasteiger partial charge in [0.15, 0.2) is 0 Å². The summed E-state index contributed by atoms with van der Waals surface area (Å²) < 4.78 is 5.66. The third-order valence-electron chi connectivity index (χ3n) is 5.76. The lowest BCUT2D eigenvalue weighted by molar-refractivity contribution is -0.141. The maximum atomic E-state index is 13.1. The van der Waals surface area contributed by atoms with Crippen LogP contribution in [0.3, 0.4) is 0 Å². The van der Waals surface area contributed by atoms with Crippen LogP contribution < -0.4 is 4.74 Å². The van der Waals surface area contributed by atoms with Gasteiger partial charge >= 0.3 is 0 Å². The van der Waals surface area contributed by atoms with E-state index in [2.05, 4.69) is 0 Å². The van der Waals surface area contributed by atoms with Crippen LogP contribution in [0.25, 0.3) is 5.76 Å². The van der Waals surface area contributed by atoms with E-state index in [1.807, 2.05) is 31.4 Å². The Morgan fingerprint density at radius 3 is 2.40 bits per heavy atom. The Labute approximate surface area is 181 Å². The van der Waals surface area contributed by atoms with Gasteiger partial charge in [0.05, 0.1) is 17.7 Å². The second-order valence-corrected chi connectivity index (χ2v) is 9.18. The van der Waals surface area contributed by atoms with Gasteiger partial charge in [-0.2, -0.15) is 0 Å². The summed E-state index contributed by atoms with van der Waals surface area (Å²) in [6, 6.07) is 10.4. The zero-order chi connectivity index (χ0) is 21.3. The highest BCUT2D eigenvalue weighted by Crippen LogP contribution is 2.44. The van der Waals surface area contributed by atoms with E-state index in [1.165, 1.54) is 11.3 Å². The number of hydrogen-bond donors (Lipinski definition) is 1. The summed E-state index contributed by atoms with van der Waals surface area (Å²) in [6.07, 6.45) is 5.12. The fraction of sp³-hybridized carbons (Fsp3) is 0.417. The molecule has 1 unspecified atom stereocenters. The Hall–Kier alpha value is -2.60. The number of rotatable bonds is 5. The maximum absolute atomic E-state index is 13.1. The molecule has 2 heterocycles. The van der Waals surface area contributed by atoms with Gasteiger partial charge in [-0.05, 0) is 62.4 Å². The van der Waals surface area contributed by atoms with Crippen LogP contribution in [0, 0.1) is 0 Å². The molecule has 4 rings (SSSR count). The van der Waals surface area contributed by atoms with Crippen molar-refractivity contribution < 1.29 is 19.4 Å². The van der Waals surface area contributed by atoms with E-state index in [0.717, 1.165) is 37.0 Å². The fourth-order valence-corrected chi connectivity index (χ4v) is 5.26. The minimum absolute atomic E-state index is 0.0365. The van der Waals surface area contributed by atoms with Crippen molar-refractivity contribution in [2.45, 2.75) is 64.1 Å². The molecule has 2 fully saturated rings. The van der Waals surface area contributed by atoms with Crippen molar-refractivity contribution in [3.63, 3.8) is 0 Å². The van der Waals surface area contributed by atoms with Crippen molar-refractivity contribution in [3.05, 3.63) is 57.8 Å². The largest absolute Gasteiger partial charge is 0.507 e. The van der Waals surface area contributed by atoms with Crippen LogP contribution in [-0.2, 0) is 9.59 Å². The van der Waals surface area contributed by atoms with Gasteiger partial charge in [-0.15, -0.1) is 11.3 Å². The third-order valence-corrected chi connectivity index (χ3v) is 6.69. The van der Waals surface area contributed by atoms with E-state index >= 15 is 0 Å². The molecule has 1 N–H and O–H groups in total. The van der Waals surface area contributed by atoms with E-state index in [1.54, 1.807) is 29.2 Å². The number of Topliss-reactive ketones (excluding diaryl/α,β-unsaturated/α-hetero) is 1. The zero-order valence-electron chi connectivity index (χ0n) is 17.3. The molecule has 5 nitrogen and oxygen atoms in total. The molecule has 2 aliphatic rings. The predicted molar refractivity (Wildman–Crippen MR) is 118 cm³/mol. The minimum atomic E-state index is -0.598. The first-order chi connectivity index (χ1) is 14.5. The van der Waals surface area contributed by atoms with Crippen LogP contribution in [-0.4, -0.2) is 33.8 Å². The van der Waals surface area contributed by atoms with E-state index < -0.39 is 17.7 Å². The van der Waals surface area contributed by atoms with Crippen molar-refractivity contribution >= 4 is 28.8 Å². The van der Waals surface area contributed by atoms with Crippen LogP contribution >= 0.6 is 11.3 Å². The molecule has 0 spiro atoms. The first-order valence-corrected chi connectivity index (χ1v) is 11.5. The number of hydrogen-bond acceptors (Lipinski definition) is 5. The topological polar surface area (TPSA) is 66.8 Å². The average Bonchev–Trinajstić information content (AvgIpc) is 3.35. The van der Waals surface area contributed by atoms with Crippen LogP contribution in [0.1, 0.15) is 62.4 Å². The van der Waals surface area contributed by atoms with Gasteiger partial charge in [-0.25, -0.2) is 0 Å². The molecular weight excluding hydrogens is 398 g/mol. The van der Waals surface area contributed by atoms with Gasteiger partial charge in [0.2, 0.25) is 0 Å². The Kier molecular flexibility index (Phi) is 5.95. The smallest absolute Gasteiger partial charge is 0.295 e. The Bertz CT molecular complexity index is 940. The summed E-state index contributed by atoms with van der Waals surface area (Å²) in [5.41, 5.74) is 0.694. The molecule has 1 aromatic carbocycles. The van der Waals surface area contributed by atoms with Crippen LogP contribution in [0.15, 0.2) is 47.4 Å². The lowest BCUT2D eigenvalue weighted by Gasteiger charge is -2.34. The number of carbonyl (C=O) groups is 2. The lowest BCUT2D eigenvalue weighted by atomic mass is 9.93. The number of nitrogens with zero attached hydrogens (tertiary/aromatic N) is 1. The number of thiophene rings is 1. The molecule has 0 radical (unpaired) electrons. The third kappa shape index (κ3) is 3.88. The molecule has 1 amide bonds. The fourth-order valence-electron chi connectivity index (χ4n) is 4.43. The summed E-state index contributed by atoms with van der Waals surface area (Å²) >= 11 is 1.51. The number of ketones is 1. The second kappa shape index (κ2) is 8.64. The Balaban J connectivity index is 1.76. The van der Waals surface area contributed by atoms with Gasteiger partial charge in [-0.1, -0.05) is 25.3 Å². The van der Waals surface area contributed by atoms with Gasteiger partial charge < -0.3 is 14.7 Å². The van der Waals surface area contributed by atoms with Gasteiger partial charge in [0, 0.05) is 16.5 Å². The second-order valence-electron chi connectivity index (χ2n) is 8.20. The SMILES string of the molecule is CC(C)Oc1ccc(/C(O)=C2/C(=O)C(=O)N(C3CCCCC3)C2c2cccs2)cc1. The summed E-state index contributed by atoms with van der Waals surface area (Å²) in [6.45, 7) is 3.89. The lowest BCUT2D eigenvalue weighted by Crippen LogP contribution is -2.40. The molecule has 2 aromatic rings. The van der Waals surface area contributed by atoms with Crippen LogP contribution in [0.2, 0.25) is 0 Å². The zero-order valence-corrected chi connectivity index (χ0v) is 18.2. The monoisotopic (exact) mass is 425 g/mol. The summed E-state index contributed by atoms with van der Waals surface area (Å²) in [5.74, 6) is -0.527. The molecule has 0 bridgehead atoms. The highest BCUT2D eigenvalue weighted by molar-refractivity contribution is 7.10. The molecule has 158 valence electrons. The molecule has 1 aliphatic heterocycles. The maximum Gasteiger partial charge on any atom is 0.295 e. The number of ether oxygens (including phenoxy) is 1. The van der Waals surface area contributed by atoms with Crippen molar-refractivity contribution in [1.82, 2.24) is 4.90 Å². The van der Waals surface area contributed by atoms with Crippen molar-refractivity contribution in [2.24, 2.45) is 0 Å². The van der Waals surface area contributed by atoms with Crippen molar-refractivity contribution in [1.29, 1.82) is 0 Å². The highest BCUT2D eigenvalue weighted by atomic mass is 32.1. The number of aliphatic hydroxyl groups excluding tert-OH is 1. The minimum Gasteiger partial charge on any atom is -0.507 e. The number of likely N-dealkylation sites (tertiary alicyclic amines) is 1. The Morgan fingerprint density at radius 2 is 1.80 bits per heavy atom. The van der Waals surface area contributed by atoms with E-state index in [-0.39, 0.29) is 23.5 Å². The summed E-state index contributed by atoms with van der Waals surface area (Å²) in [7, 11) is 0. The van der Waals surface area contributed by atoms with Gasteiger partial charge in [-0.3, -0.25) is 9.59 Å². The van der Waals surface area contributed by atoms with Crippen molar-refractivity contribution in [2.75, 3.05) is 0 Å². The Morgan fingerprint density at radius 1 is 1.10 bits per heavy atom.